The van der Waals surface area contributed by atoms with Gasteiger partial charge in [-0.25, -0.2) is 0 Å². The molecular formula is C7H5Br3O3S. The van der Waals surface area contributed by atoms with E-state index in [9.17, 15) is 8.42 Å². The fourth-order valence-electron chi connectivity index (χ4n) is 0.650. The van der Waals surface area contributed by atoms with Crippen LogP contribution in [0, 0.1) is 0 Å². The van der Waals surface area contributed by atoms with Gasteiger partial charge in [-0.3, -0.25) is 0 Å². The van der Waals surface area contributed by atoms with E-state index >= 15 is 0 Å². The monoisotopic (exact) mass is 406 g/mol. The molecule has 0 aliphatic rings. The summed E-state index contributed by atoms with van der Waals surface area (Å²) in [7, 11) is -3.80. The van der Waals surface area contributed by atoms with Crippen molar-refractivity contribution in [2.24, 2.45) is 0 Å². The van der Waals surface area contributed by atoms with Crippen LogP contribution < -0.4 is 4.18 Å². The highest BCUT2D eigenvalue weighted by molar-refractivity contribution is 9.42. The Morgan fingerprint density at radius 1 is 1.07 bits per heavy atom. The van der Waals surface area contributed by atoms with Gasteiger partial charge < -0.3 is 4.18 Å². The highest BCUT2D eigenvalue weighted by Crippen LogP contribution is 2.40. The molecule has 3 nitrogen and oxygen atoms in total. The summed E-state index contributed by atoms with van der Waals surface area (Å²) in [6.07, 6.45) is 0. The molecule has 1 aromatic rings. The molecule has 0 heterocycles. The molecule has 0 atom stereocenters. The first kappa shape index (κ1) is 12.5. The third-order valence-electron chi connectivity index (χ3n) is 1.23. The molecule has 0 N–H and O–H groups in total. The van der Waals surface area contributed by atoms with E-state index in [-0.39, 0.29) is 5.75 Å². The standard InChI is InChI=1S/C7H5Br3O3S/c8-7(9,10)14(11,12)13-6-4-2-1-3-5-6/h1-5H. The number of hydrogen-bond donors (Lipinski definition) is 0. The first-order chi connectivity index (χ1) is 6.33. The third-order valence-corrected chi connectivity index (χ3v) is 5.78. The third kappa shape index (κ3) is 3.22. The average Bonchev–Trinajstić information content (AvgIpc) is 2.03. The van der Waals surface area contributed by atoms with Gasteiger partial charge in [0.05, 0.1) is 0 Å². The summed E-state index contributed by atoms with van der Waals surface area (Å²) < 4.78 is 26.3. The maximum Gasteiger partial charge on any atom is 0.346 e. The van der Waals surface area contributed by atoms with E-state index in [0.29, 0.717) is 0 Å². The van der Waals surface area contributed by atoms with Crippen LogP contribution >= 0.6 is 47.8 Å². The number of halogens is 3. The van der Waals surface area contributed by atoms with E-state index in [1.165, 1.54) is 0 Å². The number of rotatable bonds is 2. The number of para-hydroxylation sites is 1. The Bertz CT molecular complexity index is 396. The van der Waals surface area contributed by atoms with E-state index in [2.05, 4.69) is 47.8 Å². The van der Waals surface area contributed by atoms with Crippen molar-refractivity contribution in [1.29, 1.82) is 0 Å². The predicted octanol–water partition coefficient (Wildman–Crippen LogP) is 3.19. The zero-order valence-corrected chi connectivity index (χ0v) is 12.2. The fraction of sp³-hybridized carbons (Fsp3) is 0.143. The van der Waals surface area contributed by atoms with Gasteiger partial charge in [0.2, 0.25) is 0 Å². The van der Waals surface area contributed by atoms with Gasteiger partial charge in [-0.2, -0.15) is 8.42 Å². The Morgan fingerprint density at radius 2 is 1.57 bits per heavy atom. The van der Waals surface area contributed by atoms with Crippen LogP contribution in [0.4, 0.5) is 0 Å². The highest BCUT2D eigenvalue weighted by Gasteiger charge is 2.38. The molecule has 0 radical (unpaired) electrons. The van der Waals surface area contributed by atoms with E-state index in [4.69, 9.17) is 4.18 Å². The van der Waals surface area contributed by atoms with Crippen molar-refractivity contribution in [1.82, 2.24) is 0 Å². The first-order valence-corrected chi connectivity index (χ1v) is 7.17. The van der Waals surface area contributed by atoms with Gasteiger partial charge in [0, 0.05) is 0 Å². The number of benzene rings is 1. The normalized spacial score (nSPS) is 12.5. The summed E-state index contributed by atoms with van der Waals surface area (Å²) in [4.78, 5) is 0. The second kappa shape index (κ2) is 4.51. The van der Waals surface area contributed by atoms with Crippen LogP contribution in [0.2, 0.25) is 0 Å². The molecule has 0 bridgehead atoms. The maximum atomic E-state index is 11.5. The summed E-state index contributed by atoms with van der Waals surface area (Å²) in [5.74, 6) is 0.259. The first-order valence-electron chi connectivity index (χ1n) is 3.39. The highest BCUT2D eigenvalue weighted by atomic mass is 80.0. The molecule has 14 heavy (non-hydrogen) atoms. The van der Waals surface area contributed by atoms with Crippen LogP contribution in [0.15, 0.2) is 30.3 Å². The Hall–Kier alpha value is 0.410. The quantitative estimate of drug-likeness (QED) is 0.557. The summed E-state index contributed by atoms with van der Waals surface area (Å²) in [5, 5.41) is 0. The molecule has 0 spiro atoms. The van der Waals surface area contributed by atoms with Crippen molar-refractivity contribution in [3.05, 3.63) is 30.3 Å². The SMILES string of the molecule is O=S(=O)(Oc1ccccc1)C(Br)(Br)Br. The van der Waals surface area contributed by atoms with Crippen molar-refractivity contribution in [2.45, 2.75) is 1.47 Å². The molecule has 0 unspecified atom stereocenters. The molecule has 0 fully saturated rings. The molecule has 0 amide bonds. The van der Waals surface area contributed by atoms with Crippen LogP contribution in [-0.4, -0.2) is 9.89 Å². The lowest BCUT2D eigenvalue weighted by atomic mass is 10.3. The second-order valence-corrected chi connectivity index (χ2v) is 12.3. The molecule has 0 aromatic heterocycles. The van der Waals surface area contributed by atoms with Crippen molar-refractivity contribution in [3.63, 3.8) is 0 Å². The Labute approximate surface area is 107 Å². The minimum atomic E-state index is -3.80. The minimum Gasteiger partial charge on any atom is -0.380 e. The van der Waals surface area contributed by atoms with Crippen LogP contribution in [0.1, 0.15) is 0 Å². The molecule has 7 heteroatoms. The van der Waals surface area contributed by atoms with Gasteiger partial charge in [-0.05, 0) is 59.9 Å². The minimum absolute atomic E-state index is 0.259. The van der Waals surface area contributed by atoms with Gasteiger partial charge in [-0.1, -0.05) is 18.2 Å². The van der Waals surface area contributed by atoms with Crippen molar-refractivity contribution < 1.29 is 12.6 Å². The predicted molar refractivity (Wildman–Crippen MR) is 65.5 cm³/mol. The lowest BCUT2D eigenvalue weighted by Crippen LogP contribution is -2.23. The van der Waals surface area contributed by atoms with Gasteiger partial charge in [0.15, 0.2) is 0 Å². The molecule has 0 saturated carbocycles. The summed E-state index contributed by atoms with van der Waals surface area (Å²) in [6, 6.07) is 8.24. The summed E-state index contributed by atoms with van der Waals surface area (Å²) >= 11 is 8.63. The summed E-state index contributed by atoms with van der Waals surface area (Å²) in [5.41, 5.74) is 0. The molecule has 1 rings (SSSR count). The van der Waals surface area contributed by atoms with E-state index in [1.807, 2.05) is 0 Å². The lowest BCUT2D eigenvalue weighted by Gasteiger charge is -2.13. The Kier molecular flexibility index (Phi) is 4.02. The molecular weight excluding hydrogens is 404 g/mol. The zero-order valence-electron chi connectivity index (χ0n) is 6.65. The van der Waals surface area contributed by atoms with Gasteiger partial charge in [0.25, 0.3) is 1.47 Å². The van der Waals surface area contributed by atoms with Gasteiger partial charge in [-0.15, -0.1) is 0 Å². The largest absolute Gasteiger partial charge is 0.380 e. The zero-order chi connectivity index (χ0) is 10.8. The smallest absolute Gasteiger partial charge is 0.346 e. The van der Waals surface area contributed by atoms with E-state index in [0.717, 1.165) is 0 Å². The van der Waals surface area contributed by atoms with E-state index < -0.39 is 11.6 Å². The second-order valence-electron chi connectivity index (χ2n) is 2.30. The van der Waals surface area contributed by atoms with Crippen LogP contribution in [0.5, 0.6) is 5.75 Å². The lowest BCUT2D eigenvalue weighted by molar-refractivity contribution is 0.489. The molecule has 0 aliphatic heterocycles. The van der Waals surface area contributed by atoms with Crippen molar-refractivity contribution >= 4 is 57.9 Å². The van der Waals surface area contributed by atoms with Gasteiger partial charge >= 0.3 is 10.1 Å². The van der Waals surface area contributed by atoms with E-state index in [1.54, 1.807) is 30.3 Å². The van der Waals surface area contributed by atoms with Crippen LogP contribution in [0.3, 0.4) is 0 Å². The van der Waals surface area contributed by atoms with Gasteiger partial charge in [0.1, 0.15) is 5.75 Å². The van der Waals surface area contributed by atoms with Crippen LogP contribution in [0.25, 0.3) is 0 Å². The summed E-state index contributed by atoms with van der Waals surface area (Å²) in [6.45, 7) is 0. The molecule has 78 valence electrons. The van der Waals surface area contributed by atoms with Crippen molar-refractivity contribution in [3.8, 4) is 5.75 Å². The molecule has 0 aliphatic carbocycles. The Morgan fingerprint density at radius 3 is 2.00 bits per heavy atom. The number of hydrogen-bond acceptors (Lipinski definition) is 3. The fourth-order valence-corrected chi connectivity index (χ4v) is 1.70. The molecule has 0 saturated heterocycles. The van der Waals surface area contributed by atoms with Crippen molar-refractivity contribution in [2.75, 3.05) is 0 Å². The maximum absolute atomic E-state index is 11.5. The molecule has 1 aromatic carbocycles. The van der Waals surface area contributed by atoms with Crippen LogP contribution in [-0.2, 0) is 10.1 Å². The average molecular weight is 409 g/mol. The topological polar surface area (TPSA) is 43.4 Å². The Balaban J connectivity index is 2.91. The number of alkyl halides is 3.